The number of alkyl halides is 3. The molecule has 1 saturated heterocycles. The maximum atomic E-state index is 12.0. The summed E-state index contributed by atoms with van der Waals surface area (Å²) >= 11 is 0. The van der Waals surface area contributed by atoms with Gasteiger partial charge in [0.05, 0.1) is 0 Å². The molecule has 1 heterocycles. The molecule has 0 aromatic rings. The lowest BCUT2D eigenvalue weighted by Gasteiger charge is -2.20. The van der Waals surface area contributed by atoms with Crippen molar-refractivity contribution in [1.82, 2.24) is 4.90 Å². The van der Waals surface area contributed by atoms with Gasteiger partial charge in [0.15, 0.2) is 5.37 Å². The molecule has 0 amide bonds. The van der Waals surface area contributed by atoms with Crippen LogP contribution in [0.5, 0.6) is 0 Å². The van der Waals surface area contributed by atoms with Gasteiger partial charge in [-0.3, -0.25) is 9.11 Å². The van der Waals surface area contributed by atoms with Gasteiger partial charge in [-0.05, 0) is 7.05 Å². The Balaban J connectivity index is 2.77. The van der Waals surface area contributed by atoms with Crippen LogP contribution >= 0.6 is 0 Å². The van der Waals surface area contributed by atoms with E-state index in [9.17, 15) is 17.4 Å². The molecule has 1 aliphatic rings. The van der Waals surface area contributed by atoms with E-state index in [4.69, 9.17) is 0 Å². The molecule has 0 aromatic heterocycles. The summed E-state index contributed by atoms with van der Waals surface area (Å²) in [6, 6.07) is 0. The van der Waals surface area contributed by atoms with Gasteiger partial charge >= 0.3 is 6.18 Å². The summed E-state index contributed by atoms with van der Waals surface area (Å²) in [5, 5.41) is -1.75. The highest BCUT2D eigenvalue weighted by Crippen LogP contribution is 2.29. The molecular weight excluding hydrogens is 179 g/mol. The number of halogens is 3. The lowest BCUT2D eigenvalue weighted by atomic mass is 10.5. The zero-order valence-corrected chi connectivity index (χ0v) is 6.71. The minimum atomic E-state index is -4.35. The number of hydrogen-bond acceptors (Lipinski definition) is 2. The summed E-state index contributed by atoms with van der Waals surface area (Å²) in [6.45, 7) is 0.261. The molecule has 66 valence electrons. The largest absolute Gasteiger partial charge is 0.415 e. The van der Waals surface area contributed by atoms with Gasteiger partial charge in [0, 0.05) is 23.1 Å². The Labute approximate surface area is 64.8 Å². The lowest BCUT2D eigenvalue weighted by Crippen LogP contribution is -2.40. The third-order valence-corrected chi connectivity index (χ3v) is 3.28. The number of rotatable bonds is 0. The predicted molar refractivity (Wildman–Crippen MR) is 35.5 cm³/mol. The Morgan fingerprint density at radius 3 is 2.27 bits per heavy atom. The Kier molecular flexibility index (Phi) is 2.24. The monoisotopic (exact) mass is 187 g/mol. The quantitative estimate of drug-likeness (QED) is 0.552. The molecule has 1 rings (SSSR count). The van der Waals surface area contributed by atoms with Gasteiger partial charge in [-0.25, -0.2) is 0 Å². The van der Waals surface area contributed by atoms with Gasteiger partial charge in [0.2, 0.25) is 0 Å². The van der Waals surface area contributed by atoms with Gasteiger partial charge in [-0.2, -0.15) is 13.2 Å². The standard InChI is InChI=1S/C5H8F3NOS/c1-9-2-3-11(10)4(9)5(6,7)8/h4H,2-3H2,1H3. The van der Waals surface area contributed by atoms with E-state index in [2.05, 4.69) is 0 Å². The van der Waals surface area contributed by atoms with E-state index < -0.39 is 22.3 Å². The lowest BCUT2D eigenvalue weighted by molar-refractivity contribution is -0.152. The van der Waals surface area contributed by atoms with Crippen LogP contribution in [0.4, 0.5) is 13.2 Å². The third-order valence-electron chi connectivity index (χ3n) is 1.57. The van der Waals surface area contributed by atoms with Crippen LogP contribution in [0.3, 0.4) is 0 Å². The Morgan fingerprint density at radius 1 is 1.55 bits per heavy atom. The van der Waals surface area contributed by atoms with Crippen LogP contribution in [0, 0.1) is 0 Å². The minimum Gasteiger partial charge on any atom is -0.284 e. The van der Waals surface area contributed by atoms with E-state index in [0.717, 1.165) is 4.90 Å². The molecule has 2 nitrogen and oxygen atoms in total. The predicted octanol–water partition coefficient (Wildman–Crippen LogP) is 0.569. The second-order valence-corrected chi connectivity index (χ2v) is 4.08. The molecule has 0 saturated carbocycles. The van der Waals surface area contributed by atoms with Crippen molar-refractivity contribution in [3.8, 4) is 0 Å². The number of hydrogen-bond donors (Lipinski definition) is 0. The van der Waals surface area contributed by atoms with Crippen LogP contribution in [0.15, 0.2) is 0 Å². The van der Waals surface area contributed by atoms with Crippen molar-refractivity contribution in [3.05, 3.63) is 0 Å². The van der Waals surface area contributed by atoms with Crippen LogP contribution < -0.4 is 0 Å². The van der Waals surface area contributed by atoms with Gasteiger partial charge in [-0.15, -0.1) is 0 Å². The van der Waals surface area contributed by atoms with E-state index >= 15 is 0 Å². The van der Waals surface area contributed by atoms with Crippen LogP contribution in [0.25, 0.3) is 0 Å². The summed E-state index contributed by atoms with van der Waals surface area (Å²) in [5.41, 5.74) is 0. The van der Waals surface area contributed by atoms with Crippen molar-refractivity contribution in [2.45, 2.75) is 11.6 Å². The highest BCUT2D eigenvalue weighted by Gasteiger charge is 2.49. The molecule has 2 atom stereocenters. The van der Waals surface area contributed by atoms with Crippen molar-refractivity contribution < 1.29 is 17.4 Å². The summed E-state index contributed by atoms with van der Waals surface area (Å²) < 4.78 is 46.9. The minimum absolute atomic E-state index is 0.126. The van der Waals surface area contributed by atoms with Crippen molar-refractivity contribution in [1.29, 1.82) is 0 Å². The second kappa shape index (κ2) is 2.75. The fourth-order valence-electron chi connectivity index (χ4n) is 1.06. The van der Waals surface area contributed by atoms with Crippen LogP contribution in [-0.4, -0.2) is 40.0 Å². The van der Waals surface area contributed by atoms with Crippen molar-refractivity contribution in [3.63, 3.8) is 0 Å². The zero-order valence-electron chi connectivity index (χ0n) is 5.89. The molecule has 0 bridgehead atoms. The maximum absolute atomic E-state index is 12.0. The molecule has 0 aromatic carbocycles. The Morgan fingerprint density at radius 2 is 2.09 bits per heavy atom. The molecule has 1 aliphatic heterocycles. The maximum Gasteiger partial charge on any atom is 0.415 e. The topological polar surface area (TPSA) is 20.3 Å². The first-order valence-electron chi connectivity index (χ1n) is 3.07. The van der Waals surface area contributed by atoms with Crippen molar-refractivity contribution in [2.24, 2.45) is 0 Å². The highest BCUT2D eigenvalue weighted by molar-refractivity contribution is 7.85. The first kappa shape index (κ1) is 8.99. The third kappa shape index (κ3) is 1.73. The van der Waals surface area contributed by atoms with Crippen LogP contribution in [-0.2, 0) is 10.8 Å². The first-order chi connectivity index (χ1) is 4.93. The van der Waals surface area contributed by atoms with Crippen molar-refractivity contribution >= 4 is 10.8 Å². The second-order valence-electron chi connectivity index (χ2n) is 2.46. The summed E-state index contributed by atoms with van der Waals surface area (Å²) in [7, 11) is -0.423. The molecule has 0 N–H and O–H groups in total. The van der Waals surface area contributed by atoms with Gasteiger partial charge in [-0.1, -0.05) is 0 Å². The van der Waals surface area contributed by atoms with E-state index in [1.54, 1.807) is 0 Å². The smallest absolute Gasteiger partial charge is 0.284 e. The van der Waals surface area contributed by atoms with Crippen molar-refractivity contribution in [2.75, 3.05) is 19.3 Å². The fraction of sp³-hybridized carbons (Fsp3) is 1.00. The van der Waals surface area contributed by atoms with Crippen LogP contribution in [0.2, 0.25) is 0 Å². The van der Waals surface area contributed by atoms with Gasteiger partial charge in [0.1, 0.15) is 0 Å². The average Bonchev–Trinajstić information content (AvgIpc) is 2.08. The van der Waals surface area contributed by atoms with E-state index in [-0.39, 0.29) is 12.3 Å². The average molecular weight is 187 g/mol. The summed E-state index contributed by atoms with van der Waals surface area (Å²) in [5.74, 6) is 0.126. The molecule has 11 heavy (non-hydrogen) atoms. The first-order valence-corrected chi connectivity index (χ1v) is 4.45. The SMILES string of the molecule is CN1CCS(=O)C1C(F)(F)F. The molecule has 0 spiro atoms. The van der Waals surface area contributed by atoms with E-state index in [1.165, 1.54) is 7.05 Å². The zero-order chi connectivity index (χ0) is 8.65. The summed E-state index contributed by atoms with van der Waals surface area (Å²) in [6.07, 6.45) is -4.35. The van der Waals surface area contributed by atoms with Gasteiger partial charge in [0.25, 0.3) is 0 Å². The Bertz CT molecular complexity index is 181. The molecule has 2 unspecified atom stereocenters. The molecule has 6 heteroatoms. The van der Waals surface area contributed by atoms with E-state index in [1.807, 2.05) is 0 Å². The normalized spacial score (nSPS) is 34.5. The highest BCUT2D eigenvalue weighted by atomic mass is 32.2. The fourth-order valence-corrected chi connectivity index (χ4v) is 2.56. The molecule has 1 fully saturated rings. The van der Waals surface area contributed by atoms with Crippen LogP contribution in [0.1, 0.15) is 0 Å². The Hall–Kier alpha value is -0.100. The van der Waals surface area contributed by atoms with E-state index in [0.29, 0.717) is 0 Å². The summed E-state index contributed by atoms with van der Waals surface area (Å²) in [4.78, 5) is 1.08. The number of nitrogens with zero attached hydrogens (tertiary/aromatic N) is 1. The molecular formula is C5H8F3NOS. The molecule has 0 radical (unpaired) electrons. The molecule has 0 aliphatic carbocycles. The van der Waals surface area contributed by atoms with Gasteiger partial charge < -0.3 is 0 Å².